The Bertz CT molecular complexity index is 3270. The molecular formula is C50H32N2O2S. The fourth-order valence-corrected chi connectivity index (χ4v) is 9.14. The highest BCUT2D eigenvalue weighted by molar-refractivity contribution is 7.25. The third-order valence-electron chi connectivity index (χ3n) is 10.7. The number of fused-ring (bicyclic) bond motifs is 8. The third kappa shape index (κ3) is 5.28. The summed E-state index contributed by atoms with van der Waals surface area (Å²) in [5.41, 5.74) is 7.10. The van der Waals surface area contributed by atoms with E-state index in [1.165, 1.54) is 30.9 Å². The highest BCUT2D eigenvalue weighted by atomic mass is 32.1. The Hall–Kier alpha value is -7.08. The monoisotopic (exact) mass is 724 g/mol. The summed E-state index contributed by atoms with van der Waals surface area (Å²) < 4.78 is 8.70. The Morgan fingerprint density at radius 2 is 0.873 bits per heavy atom. The molecule has 0 aliphatic heterocycles. The van der Waals surface area contributed by atoms with E-state index < -0.39 is 0 Å². The van der Waals surface area contributed by atoms with Crippen molar-refractivity contribution in [3.8, 4) is 5.75 Å². The standard InChI is InChI=1S/C50H32N2O2S/c53-46-31-40(51(36-19-17-32-9-1-3-11-34(32)27-36)38-22-25-48-43(29-38)41-13-5-7-15-47(41)54-48)21-24-45(46)52(37-20-18-33-10-2-4-12-35(33)28-37)39-23-26-50-44(30-39)42-14-6-8-16-49(42)55-50/h1-31,53H. The maximum absolute atomic E-state index is 12.3. The van der Waals surface area contributed by atoms with E-state index in [-0.39, 0.29) is 5.75 Å². The molecule has 2 heterocycles. The lowest BCUT2D eigenvalue weighted by Gasteiger charge is -2.29. The zero-order valence-corrected chi connectivity index (χ0v) is 30.4. The number of rotatable bonds is 6. The summed E-state index contributed by atoms with van der Waals surface area (Å²) in [6.45, 7) is 0. The van der Waals surface area contributed by atoms with Crippen LogP contribution in [0.1, 0.15) is 0 Å². The molecule has 0 saturated carbocycles. The maximum Gasteiger partial charge on any atom is 0.141 e. The molecule has 260 valence electrons. The molecule has 0 aliphatic rings. The van der Waals surface area contributed by atoms with E-state index >= 15 is 0 Å². The lowest BCUT2D eigenvalue weighted by molar-refractivity contribution is 0.476. The van der Waals surface area contributed by atoms with Gasteiger partial charge in [-0.15, -0.1) is 11.3 Å². The first-order valence-corrected chi connectivity index (χ1v) is 19.2. The highest BCUT2D eigenvalue weighted by Gasteiger charge is 2.22. The average Bonchev–Trinajstić information content (AvgIpc) is 3.80. The molecule has 0 amide bonds. The molecule has 0 atom stereocenters. The van der Waals surface area contributed by atoms with Crippen LogP contribution in [0.25, 0.3) is 63.7 Å². The van der Waals surface area contributed by atoms with E-state index in [0.717, 1.165) is 61.1 Å². The number of nitrogens with zero attached hydrogens (tertiary/aromatic N) is 2. The first-order valence-electron chi connectivity index (χ1n) is 18.4. The van der Waals surface area contributed by atoms with E-state index in [9.17, 15) is 5.11 Å². The van der Waals surface area contributed by atoms with E-state index in [4.69, 9.17) is 4.42 Å². The fourth-order valence-electron chi connectivity index (χ4n) is 8.05. The topological polar surface area (TPSA) is 39.9 Å². The van der Waals surface area contributed by atoms with Gasteiger partial charge in [-0.3, -0.25) is 0 Å². The second-order valence-corrected chi connectivity index (χ2v) is 15.0. The van der Waals surface area contributed by atoms with Crippen molar-refractivity contribution in [2.75, 3.05) is 9.80 Å². The van der Waals surface area contributed by atoms with Gasteiger partial charge < -0.3 is 19.3 Å². The molecule has 0 bridgehead atoms. The number of hydrogen-bond donors (Lipinski definition) is 1. The Morgan fingerprint density at radius 1 is 0.364 bits per heavy atom. The smallest absolute Gasteiger partial charge is 0.141 e. The van der Waals surface area contributed by atoms with Crippen molar-refractivity contribution in [3.05, 3.63) is 188 Å². The summed E-state index contributed by atoms with van der Waals surface area (Å²) in [6.07, 6.45) is 0. The van der Waals surface area contributed by atoms with Crippen LogP contribution in [0.2, 0.25) is 0 Å². The van der Waals surface area contributed by atoms with Crippen LogP contribution < -0.4 is 9.80 Å². The highest BCUT2D eigenvalue weighted by Crippen LogP contribution is 2.47. The minimum atomic E-state index is 0.168. The molecule has 0 saturated heterocycles. The molecule has 0 radical (unpaired) electrons. The molecule has 0 aliphatic carbocycles. The minimum absolute atomic E-state index is 0.168. The predicted molar refractivity (Wildman–Crippen MR) is 233 cm³/mol. The van der Waals surface area contributed by atoms with Gasteiger partial charge in [-0.25, -0.2) is 0 Å². The summed E-state index contributed by atoms with van der Waals surface area (Å²) in [5.74, 6) is 0.168. The summed E-state index contributed by atoms with van der Waals surface area (Å²) in [4.78, 5) is 4.38. The van der Waals surface area contributed by atoms with Crippen LogP contribution in [0.4, 0.5) is 34.1 Å². The van der Waals surface area contributed by atoms with Crippen molar-refractivity contribution in [2.24, 2.45) is 0 Å². The molecule has 5 heteroatoms. The Kier molecular flexibility index (Phi) is 7.15. The molecule has 0 unspecified atom stereocenters. The second kappa shape index (κ2) is 12.5. The zero-order chi connectivity index (χ0) is 36.5. The molecule has 11 aromatic rings. The molecule has 55 heavy (non-hydrogen) atoms. The molecule has 2 aromatic heterocycles. The fraction of sp³-hybridized carbons (Fsp3) is 0. The van der Waals surface area contributed by atoms with Gasteiger partial charge in [0.1, 0.15) is 16.9 Å². The summed E-state index contributed by atoms with van der Waals surface area (Å²) in [6, 6.07) is 65.5. The molecule has 9 aromatic carbocycles. The SMILES string of the molecule is Oc1cc(N(c2ccc3ccccc3c2)c2ccc3oc4ccccc4c3c2)ccc1N(c1ccc2ccccc2c1)c1ccc2sc3ccccc3c2c1. The Balaban J connectivity index is 1.10. The first-order chi connectivity index (χ1) is 27.1. The van der Waals surface area contributed by atoms with Gasteiger partial charge in [-0.1, -0.05) is 97.1 Å². The number of anilines is 6. The van der Waals surface area contributed by atoms with Crippen LogP contribution in [-0.4, -0.2) is 5.11 Å². The number of furan rings is 1. The van der Waals surface area contributed by atoms with Gasteiger partial charge in [-0.2, -0.15) is 0 Å². The molecule has 0 fully saturated rings. The van der Waals surface area contributed by atoms with Crippen molar-refractivity contribution < 1.29 is 9.52 Å². The lowest BCUT2D eigenvalue weighted by atomic mass is 10.1. The number of aromatic hydroxyl groups is 1. The zero-order valence-electron chi connectivity index (χ0n) is 29.6. The number of benzene rings is 9. The largest absolute Gasteiger partial charge is 0.506 e. The van der Waals surface area contributed by atoms with Gasteiger partial charge in [0.05, 0.1) is 5.69 Å². The van der Waals surface area contributed by atoms with Gasteiger partial charge in [0.2, 0.25) is 0 Å². The van der Waals surface area contributed by atoms with Crippen LogP contribution >= 0.6 is 11.3 Å². The van der Waals surface area contributed by atoms with Crippen LogP contribution in [0.15, 0.2) is 192 Å². The van der Waals surface area contributed by atoms with Crippen LogP contribution in [0, 0.1) is 0 Å². The second-order valence-electron chi connectivity index (χ2n) is 14.0. The van der Waals surface area contributed by atoms with Crippen molar-refractivity contribution in [1.82, 2.24) is 0 Å². The normalized spacial score (nSPS) is 11.7. The van der Waals surface area contributed by atoms with Gasteiger partial charge in [0.15, 0.2) is 0 Å². The molecule has 4 nitrogen and oxygen atoms in total. The van der Waals surface area contributed by atoms with Crippen molar-refractivity contribution in [3.63, 3.8) is 0 Å². The Labute approximate surface area is 320 Å². The van der Waals surface area contributed by atoms with E-state index in [1.807, 2.05) is 36.4 Å². The van der Waals surface area contributed by atoms with Gasteiger partial charge in [-0.05, 0) is 106 Å². The van der Waals surface area contributed by atoms with E-state index in [1.54, 1.807) is 11.3 Å². The van der Waals surface area contributed by atoms with Gasteiger partial charge in [0, 0.05) is 65.4 Å². The van der Waals surface area contributed by atoms with E-state index in [0.29, 0.717) is 5.69 Å². The number of para-hydroxylation sites is 1. The number of hydrogen-bond acceptors (Lipinski definition) is 5. The van der Waals surface area contributed by atoms with Crippen molar-refractivity contribution in [2.45, 2.75) is 0 Å². The quantitative estimate of drug-likeness (QED) is 0.185. The number of phenols is 1. The van der Waals surface area contributed by atoms with E-state index in [2.05, 4.69) is 161 Å². The summed E-state index contributed by atoms with van der Waals surface area (Å²) in [7, 11) is 0. The van der Waals surface area contributed by atoms with Crippen LogP contribution in [0.5, 0.6) is 5.75 Å². The molecule has 0 spiro atoms. The third-order valence-corrected chi connectivity index (χ3v) is 11.8. The first kappa shape index (κ1) is 31.4. The Morgan fingerprint density at radius 3 is 1.64 bits per heavy atom. The summed E-state index contributed by atoms with van der Waals surface area (Å²) in [5, 5.41) is 21.4. The molecular weight excluding hydrogens is 693 g/mol. The van der Waals surface area contributed by atoms with Crippen molar-refractivity contribution in [1.29, 1.82) is 0 Å². The summed E-state index contributed by atoms with van der Waals surface area (Å²) >= 11 is 1.80. The number of phenolic OH excluding ortho intramolecular Hbond substituents is 1. The molecule has 11 rings (SSSR count). The van der Waals surface area contributed by atoms with Gasteiger partial charge in [0.25, 0.3) is 0 Å². The van der Waals surface area contributed by atoms with Crippen LogP contribution in [-0.2, 0) is 0 Å². The minimum Gasteiger partial charge on any atom is -0.506 e. The number of thiophene rings is 1. The lowest BCUT2D eigenvalue weighted by Crippen LogP contribution is -2.12. The average molecular weight is 725 g/mol. The van der Waals surface area contributed by atoms with Gasteiger partial charge >= 0.3 is 0 Å². The maximum atomic E-state index is 12.3. The molecule has 1 N–H and O–H groups in total. The predicted octanol–water partition coefficient (Wildman–Crippen LogP) is 14.9. The van der Waals surface area contributed by atoms with Crippen LogP contribution in [0.3, 0.4) is 0 Å². The van der Waals surface area contributed by atoms with Crippen molar-refractivity contribution >= 4 is 109 Å².